The van der Waals surface area contributed by atoms with Crippen molar-refractivity contribution < 1.29 is 9.84 Å². The standard InChI is InChI=1S/C18H29NO2/c1-2-3-4-7-10-21-14-18(20)13-19-17-11-15-8-5-6-9-16(15)12-17/h5-6,8-9,17-20H,2-4,7,10-14H2,1H3. The molecule has 0 aromatic heterocycles. The number of nitrogens with one attached hydrogen (secondary N) is 1. The molecule has 0 radical (unpaired) electrons. The lowest BCUT2D eigenvalue weighted by atomic mass is 10.1. The summed E-state index contributed by atoms with van der Waals surface area (Å²) >= 11 is 0. The minimum absolute atomic E-state index is 0.403. The van der Waals surface area contributed by atoms with E-state index in [1.165, 1.54) is 30.4 Å². The first-order chi connectivity index (χ1) is 10.3. The number of hydrogen-bond acceptors (Lipinski definition) is 3. The van der Waals surface area contributed by atoms with Crippen LogP contribution in [0.4, 0.5) is 0 Å². The molecule has 2 N–H and O–H groups in total. The average Bonchev–Trinajstić information content (AvgIpc) is 2.91. The van der Waals surface area contributed by atoms with Crippen molar-refractivity contribution in [3.05, 3.63) is 35.4 Å². The highest BCUT2D eigenvalue weighted by molar-refractivity contribution is 5.33. The maximum Gasteiger partial charge on any atom is 0.0897 e. The summed E-state index contributed by atoms with van der Waals surface area (Å²) in [5.41, 5.74) is 2.88. The molecule has 1 unspecified atom stereocenters. The highest BCUT2D eigenvalue weighted by Crippen LogP contribution is 2.21. The smallest absolute Gasteiger partial charge is 0.0897 e. The third-order valence-electron chi connectivity index (χ3n) is 4.15. The summed E-state index contributed by atoms with van der Waals surface area (Å²) in [6, 6.07) is 9.06. The van der Waals surface area contributed by atoms with E-state index in [-0.39, 0.29) is 0 Å². The minimum Gasteiger partial charge on any atom is -0.389 e. The molecule has 0 saturated carbocycles. The molecule has 118 valence electrons. The third kappa shape index (κ3) is 5.77. The van der Waals surface area contributed by atoms with E-state index in [2.05, 4.69) is 36.5 Å². The molecule has 0 spiro atoms. The van der Waals surface area contributed by atoms with Gasteiger partial charge in [0, 0.05) is 19.2 Å². The van der Waals surface area contributed by atoms with E-state index in [1.54, 1.807) is 0 Å². The van der Waals surface area contributed by atoms with Gasteiger partial charge in [-0.3, -0.25) is 0 Å². The summed E-state index contributed by atoms with van der Waals surface area (Å²) in [6.07, 6.45) is 6.59. The van der Waals surface area contributed by atoms with Crippen molar-refractivity contribution in [2.75, 3.05) is 19.8 Å². The van der Waals surface area contributed by atoms with Crippen molar-refractivity contribution in [1.82, 2.24) is 5.32 Å². The van der Waals surface area contributed by atoms with E-state index in [4.69, 9.17) is 4.74 Å². The Morgan fingerprint density at radius 3 is 2.57 bits per heavy atom. The number of rotatable bonds is 10. The molecule has 0 bridgehead atoms. The zero-order valence-electron chi connectivity index (χ0n) is 13.2. The van der Waals surface area contributed by atoms with Gasteiger partial charge in [-0.1, -0.05) is 50.5 Å². The molecule has 0 heterocycles. The molecule has 0 fully saturated rings. The lowest BCUT2D eigenvalue weighted by molar-refractivity contribution is 0.0343. The molecular formula is C18H29NO2. The molecule has 1 aliphatic carbocycles. The molecule has 1 aliphatic rings. The summed E-state index contributed by atoms with van der Waals surface area (Å²) in [5.74, 6) is 0. The van der Waals surface area contributed by atoms with E-state index in [0.29, 0.717) is 19.2 Å². The Morgan fingerprint density at radius 1 is 1.19 bits per heavy atom. The Bertz CT molecular complexity index is 383. The van der Waals surface area contributed by atoms with Crippen molar-refractivity contribution in [3.8, 4) is 0 Å². The summed E-state index contributed by atoms with van der Waals surface area (Å²) in [4.78, 5) is 0. The molecule has 0 amide bonds. The summed E-state index contributed by atoms with van der Waals surface area (Å²) < 4.78 is 5.53. The van der Waals surface area contributed by atoms with Crippen molar-refractivity contribution in [2.24, 2.45) is 0 Å². The molecule has 3 heteroatoms. The number of aliphatic hydroxyl groups excluding tert-OH is 1. The van der Waals surface area contributed by atoms with Crippen LogP contribution in [0.5, 0.6) is 0 Å². The van der Waals surface area contributed by atoms with E-state index in [0.717, 1.165) is 25.9 Å². The van der Waals surface area contributed by atoms with Gasteiger partial charge in [0.05, 0.1) is 12.7 Å². The lowest BCUT2D eigenvalue weighted by Gasteiger charge is -2.16. The fraction of sp³-hybridized carbons (Fsp3) is 0.667. The van der Waals surface area contributed by atoms with Crippen LogP contribution in [0, 0.1) is 0 Å². The summed E-state index contributed by atoms with van der Waals surface area (Å²) in [5, 5.41) is 13.4. The zero-order valence-corrected chi connectivity index (χ0v) is 13.2. The maximum absolute atomic E-state index is 9.94. The number of hydrogen-bond donors (Lipinski definition) is 2. The second-order valence-electron chi connectivity index (χ2n) is 6.07. The van der Waals surface area contributed by atoms with E-state index >= 15 is 0 Å². The molecule has 2 rings (SSSR count). The molecule has 0 aliphatic heterocycles. The second kappa shape index (κ2) is 9.19. The Labute approximate surface area is 128 Å². The number of ether oxygens (including phenoxy) is 1. The quantitative estimate of drug-likeness (QED) is 0.651. The van der Waals surface area contributed by atoms with Crippen LogP contribution in [-0.2, 0) is 17.6 Å². The number of benzene rings is 1. The maximum atomic E-state index is 9.94. The molecule has 1 aromatic rings. The van der Waals surface area contributed by atoms with Crippen LogP contribution < -0.4 is 5.32 Å². The van der Waals surface area contributed by atoms with Crippen molar-refractivity contribution in [1.29, 1.82) is 0 Å². The molecule has 3 nitrogen and oxygen atoms in total. The lowest BCUT2D eigenvalue weighted by Crippen LogP contribution is -2.38. The monoisotopic (exact) mass is 291 g/mol. The van der Waals surface area contributed by atoms with Gasteiger partial charge in [0.2, 0.25) is 0 Å². The molecular weight excluding hydrogens is 262 g/mol. The van der Waals surface area contributed by atoms with Crippen LogP contribution in [0.15, 0.2) is 24.3 Å². The van der Waals surface area contributed by atoms with E-state index in [1.807, 2.05) is 0 Å². The zero-order chi connectivity index (χ0) is 14.9. The van der Waals surface area contributed by atoms with Gasteiger partial charge in [0.25, 0.3) is 0 Å². The normalized spacial score (nSPS) is 16.1. The highest BCUT2D eigenvalue weighted by Gasteiger charge is 2.20. The number of unbranched alkanes of at least 4 members (excludes halogenated alkanes) is 3. The third-order valence-corrected chi connectivity index (χ3v) is 4.15. The highest BCUT2D eigenvalue weighted by atomic mass is 16.5. The van der Waals surface area contributed by atoms with E-state index < -0.39 is 6.10 Å². The first-order valence-corrected chi connectivity index (χ1v) is 8.35. The fourth-order valence-electron chi connectivity index (χ4n) is 2.92. The van der Waals surface area contributed by atoms with Gasteiger partial charge in [-0.05, 0) is 30.4 Å². The predicted molar refractivity (Wildman–Crippen MR) is 86.6 cm³/mol. The van der Waals surface area contributed by atoms with Gasteiger partial charge in [-0.25, -0.2) is 0 Å². The minimum atomic E-state index is -0.403. The Kier molecular flexibility index (Phi) is 7.20. The Balaban J connectivity index is 1.53. The summed E-state index contributed by atoms with van der Waals surface area (Å²) in [7, 11) is 0. The first-order valence-electron chi connectivity index (χ1n) is 8.35. The number of fused-ring (bicyclic) bond motifs is 1. The van der Waals surface area contributed by atoms with Crippen LogP contribution in [0.3, 0.4) is 0 Å². The van der Waals surface area contributed by atoms with Gasteiger partial charge in [0.1, 0.15) is 0 Å². The SMILES string of the molecule is CCCCCCOCC(O)CNC1Cc2ccccc2C1. The molecule has 0 saturated heterocycles. The van der Waals surface area contributed by atoms with Gasteiger partial charge in [-0.2, -0.15) is 0 Å². The van der Waals surface area contributed by atoms with Crippen LogP contribution in [0.1, 0.15) is 43.7 Å². The van der Waals surface area contributed by atoms with Gasteiger partial charge < -0.3 is 15.2 Å². The van der Waals surface area contributed by atoms with E-state index in [9.17, 15) is 5.11 Å². The van der Waals surface area contributed by atoms with Crippen LogP contribution >= 0.6 is 0 Å². The molecule has 1 atom stereocenters. The van der Waals surface area contributed by atoms with Crippen LogP contribution in [0.25, 0.3) is 0 Å². The van der Waals surface area contributed by atoms with Crippen LogP contribution in [0.2, 0.25) is 0 Å². The van der Waals surface area contributed by atoms with Gasteiger partial charge >= 0.3 is 0 Å². The largest absolute Gasteiger partial charge is 0.389 e. The first kappa shape index (κ1) is 16.5. The molecule has 21 heavy (non-hydrogen) atoms. The van der Waals surface area contributed by atoms with Gasteiger partial charge in [-0.15, -0.1) is 0 Å². The predicted octanol–water partition coefficient (Wildman–Crippen LogP) is 2.70. The topological polar surface area (TPSA) is 41.5 Å². The Hall–Kier alpha value is -0.900. The number of aliphatic hydroxyl groups is 1. The van der Waals surface area contributed by atoms with Crippen molar-refractivity contribution in [2.45, 2.75) is 57.6 Å². The second-order valence-corrected chi connectivity index (χ2v) is 6.07. The van der Waals surface area contributed by atoms with Crippen molar-refractivity contribution >= 4 is 0 Å². The van der Waals surface area contributed by atoms with Crippen LogP contribution in [-0.4, -0.2) is 37.0 Å². The van der Waals surface area contributed by atoms with Gasteiger partial charge in [0.15, 0.2) is 0 Å². The Morgan fingerprint density at radius 2 is 1.90 bits per heavy atom. The average molecular weight is 291 g/mol. The molecule has 1 aromatic carbocycles. The van der Waals surface area contributed by atoms with Crippen molar-refractivity contribution in [3.63, 3.8) is 0 Å². The fourth-order valence-corrected chi connectivity index (χ4v) is 2.92. The summed E-state index contributed by atoms with van der Waals surface area (Å²) in [6.45, 7) is 4.04.